The summed E-state index contributed by atoms with van der Waals surface area (Å²) in [6.45, 7) is 7.06. The van der Waals surface area contributed by atoms with Crippen molar-refractivity contribution in [3.05, 3.63) is 51.1 Å². The number of aryl methyl sites for hydroxylation is 1. The van der Waals surface area contributed by atoms with E-state index in [1.165, 1.54) is 0 Å². The highest BCUT2D eigenvalue weighted by atomic mass is 16.5. The van der Waals surface area contributed by atoms with Crippen LogP contribution in [0, 0.1) is 0 Å². The Kier molecular flexibility index (Phi) is 6.23. The van der Waals surface area contributed by atoms with Crippen molar-refractivity contribution < 1.29 is 14.3 Å². The van der Waals surface area contributed by atoms with E-state index in [0.29, 0.717) is 56.3 Å². The van der Waals surface area contributed by atoms with Crippen molar-refractivity contribution in [3.63, 3.8) is 0 Å². The van der Waals surface area contributed by atoms with Crippen LogP contribution in [-0.4, -0.2) is 53.8 Å². The molecular weight excluding hydrogens is 394 g/mol. The second-order valence-corrected chi connectivity index (χ2v) is 8.13. The molecule has 3 heterocycles. The minimum Gasteiger partial charge on any atom is -0.494 e. The van der Waals surface area contributed by atoms with Gasteiger partial charge in [0.25, 0.3) is 11.5 Å². The molecule has 2 aromatic heterocycles. The van der Waals surface area contributed by atoms with Crippen molar-refractivity contribution >= 4 is 12.0 Å². The lowest BCUT2D eigenvalue weighted by Crippen LogP contribution is -2.40. The molecule has 0 unspecified atom stereocenters. The maximum absolute atomic E-state index is 13.0. The Morgan fingerprint density at radius 3 is 2.77 bits per heavy atom. The number of hydrogen-bond donors (Lipinski definition) is 0. The summed E-state index contributed by atoms with van der Waals surface area (Å²) in [7, 11) is 1.58. The zero-order chi connectivity index (χ0) is 22.0. The summed E-state index contributed by atoms with van der Waals surface area (Å²) >= 11 is 0. The van der Waals surface area contributed by atoms with Crippen molar-refractivity contribution in [2.75, 3.05) is 33.4 Å². The molecule has 0 saturated carbocycles. The van der Waals surface area contributed by atoms with Gasteiger partial charge < -0.3 is 18.9 Å². The number of rotatable bonds is 6. The predicted molar refractivity (Wildman–Crippen MR) is 119 cm³/mol. The van der Waals surface area contributed by atoms with Crippen molar-refractivity contribution in [2.24, 2.45) is 0 Å². The minimum atomic E-state index is -0.0745. The van der Waals surface area contributed by atoms with Crippen LogP contribution in [0.15, 0.2) is 28.8 Å². The molecule has 1 amide bonds. The molecule has 0 atom stereocenters. The number of allylic oxidation sites excluding steroid dienone is 1. The van der Waals surface area contributed by atoms with E-state index in [9.17, 15) is 9.59 Å². The quantitative estimate of drug-likeness (QED) is 0.714. The van der Waals surface area contributed by atoms with Gasteiger partial charge in [0, 0.05) is 43.2 Å². The monoisotopic (exact) mass is 423 g/mol. The summed E-state index contributed by atoms with van der Waals surface area (Å²) in [5.41, 5.74) is 4.94. The van der Waals surface area contributed by atoms with Crippen LogP contribution in [0.25, 0.3) is 17.3 Å². The van der Waals surface area contributed by atoms with E-state index >= 15 is 0 Å². The van der Waals surface area contributed by atoms with Gasteiger partial charge in [-0.3, -0.25) is 14.6 Å². The van der Waals surface area contributed by atoms with Crippen molar-refractivity contribution in [1.29, 1.82) is 0 Å². The number of unbranched alkanes of at least 4 members (excludes halogenated alkanes) is 1. The van der Waals surface area contributed by atoms with E-state index in [2.05, 4.69) is 18.0 Å². The van der Waals surface area contributed by atoms with Gasteiger partial charge in [-0.15, -0.1) is 0 Å². The molecule has 0 aromatic carbocycles. The molecule has 0 N–H and O–H groups in total. The zero-order valence-electron chi connectivity index (χ0n) is 18.4. The zero-order valence-corrected chi connectivity index (χ0v) is 18.4. The maximum Gasteiger partial charge on any atom is 0.255 e. The van der Waals surface area contributed by atoms with Gasteiger partial charge >= 0.3 is 0 Å². The first-order chi connectivity index (χ1) is 15.0. The van der Waals surface area contributed by atoms with Crippen LogP contribution in [0.3, 0.4) is 0 Å². The maximum atomic E-state index is 13.0. The Hall–Kier alpha value is -2.93. The number of hydrogen-bond acceptors (Lipinski definition) is 5. The van der Waals surface area contributed by atoms with Gasteiger partial charge in [-0.2, -0.15) is 0 Å². The van der Waals surface area contributed by atoms with E-state index < -0.39 is 0 Å². The predicted octanol–water partition coefficient (Wildman–Crippen LogP) is 3.15. The Balaban J connectivity index is 1.77. The van der Waals surface area contributed by atoms with E-state index in [0.717, 1.165) is 35.1 Å². The third kappa shape index (κ3) is 4.14. The number of methoxy groups -OCH3 is 1. The van der Waals surface area contributed by atoms with Crippen LogP contribution >= 0.6 is 0 Å². The molecule has 1 saturated heterocycles. The first kappa shape index (κ1) is 21.3. The SMILES string of the molecule is CCCCn1cc(-c2ncc(C(=O)N3CCOCC3)cc2OC)c2c(c1=O)CC(C)=C2. The van der Waals surface area contributed by atoms with Crippen LogP contribution in [0.2, 0.25) is 0 Å². The first-order valence-corrected chi connectivity index (χ1v) is 10.9. The highest BCUT2D eigenvalue weighted by molar-refractivity contribution is 5.95. The van der Waals surface area contributed by atoms with Crippen molar-refractivity contribution in [3.8, 4) is 17.0 Å². The molecule has 7 heteroatoms. The molecule has 7 nitrogen and oxygen atoms in total. The van der Waals surface area contributed by atoms with Gasteiger partial charge in [0.2, 0.25) is 0 Å². The first-order valence-electron chi connectivity index (χ1n) is 10.9. The molecule has 0 bridgehead atoms. The standard InChI is InChI=1S/C24H29N3O4/c1-4-5-6-27-15-20(18-11-16(2)12-19(18)24(27)29)22-21(30-3)13-17(14-25-22)23(28)26-7-9-31-10-8-26/h11,13-15H,4-10,12H2,1-3H3. The van der Waals surface area contributed by atoms with Gasteiger partial charge in [0.15, 0.2) is 0 Å². The number of carbonyl (C=O) groups is 1. The second-order valence-electron chi connectivity index (χ2n) is 8.13. The smallest absolute Gasteiger partial charge is 0.255 e. The highest BCUT2D eigenvalue weighted by Crippen LogP contribution is 2.36. The van der Waals surface area contributed by atoms with Crippen LogP contribution in [0.4, 0.5) is 0 Å². The number of carbonyl (C=O) groups excluding carboxylic acids is 1. The summed E-state index contributed by atoms with van der Waals surface area (Å²) in [4.78, 5) is 32.3. The van der Waals surface area contributed by atoms with Gasteiger partial charge in [-0.25, -0.2) is 0 Å². The highest BCUT2D eigenvalue weighted by Gasteiger charge is 2.25. The normalized spacial score (nSPS) is 15.6. The summed E-state index contributed by atoms with van der Waals surface area (Å²) in [5.74, 6) is 0.453. The molecule has 31 heavy (non-hydrogen) atoms. The largest absolute Gasteiger partial charge is 0.494 e. The molecule has 164 valence electrons. The summed E-state index contributed by atoms with van der Waals surface area (Å²) in [5, 5.41) is 0. The summed E-state index contributed by atoms with van der Waals surface area (Å²) in [6.07, 6.45) is 8.15. The number of morpholine rings is 1. The average Bonchev–Trinajstić information content (AvgIpc) is 3.20. The number of amides is 1. The molecule has 0 spiro atoms. The van der Waals surface area contributed by atoms with Crippen molar-refractivity contribution in [1.82, 2.24) is 14.5 Å². The summed E-state index contributed by atoms with van der Waals surface area (Å²) in [6, 6.07) is 1.75. The third-order valence-electron chi connectivity index (χ3n) is 5.89. The van der Waals surface area contributed by atoms with Gasteiger partial charge in [0.05, 0.1) is 25.9 Å². The number of ether oxygens (including phenoxy) is 2. The van der Waals surface area contributed by atoms with E-state index in [1.807, 2.05) is 13.1 Å². The Morgan fingerprint density at radius 2 is 2.06 bits per heavy atom. The molecule has 1 aliphatic heterocycles. The lowest BCUT2D eigenvalue weighted by Gasteiger charge is -2.27. The van der Waals surface area contributed by atoms with Crippen LogP contribution in [0.5, 0.6) is 5.75 Å². The topological polar surface area (TPSA) is 73.7 Å². The molecule has 0 radical (unpaired) electrons. The molecule has 2 aliphatic rings. The average molecular weight is 424 g/mol. The number of pyridine rings is 2. The number of fused-ring (bicyclic) bond motifs is 1. The summed E-state index contributed by atoms with van der Waals surface area (Å²) < 4.78 is 12.8. The van der Waals surface area contributed by atoms with E-state index in [1.54, 1.807) is 28.8 Å². The molecule has 1 fully saturated rings. The fourth-order valence-corrected chi connectivity index (χ4v) is 4.20. The van der Waals surface area contributed by atoms with Gasteiger partial charge in [-0.1, -0.05) is 25.0 Å². The third-order valence-corrected chi connectivity index (χ3v) is 5.89. The van der Waals surface area contributed by atoms with Crippen LogP contribution in [0.1, 0.15) is 48.2 Å². The molecule has 4 rings (SSSR count). The molecular formula is C24H29N3O4. The number of nitrogens with zero attached hydrogens (tertiary/aromatic N) is 3. The Morgan fingerprint density at radius 1 is 1.29 bits per heavy atom. The van der Waals surface area contributed by atoms with Gasteiger partial charge in [-0.05, 0) is 31.4 Å². The number of aromatic nitrogens is 2. The lowest BCUT2D eigenvalue weighted by atomic mass is 10.0. The Bertz CT molecular complexity index is 1080. The Labute approximate surface area is 182 Å². The van der Waals surface area contributed by atoms with Gasteiger partial charge in [0.1, 0.15) is 11.4 Å². The second kappa shape index (κ2) is 9.06. The molecule has 1 aliphatic carbocycles. The minimum absolute atomic E-state index is 0.0679. The van der Waals surface area contributed by atoms with E-state index in [4.69, 9.17) is 9.47 Å². The van der Waals surface area contributed by atoms with Crippen LogP contribution < -0.4 is 10.3 Å². The van der Waals surface area contributed by atoms with Crippen LogP contribution in [-0.2, 0) is 17.7 Å². The van der Waals surface area contributed by atoms with E-state index in [-0.39, 0.29) is 11.5 Å². The lowest BCUT2D eigenvalue weighted by molar-refractivity contribution is 0.0302. The molecule has 2 aromatic rings. The fourth-order valence-electron chi connectivity index (χ4n) is 4.20. The fraction of sp³-hybridized carbons (Fsp3) is 0.458. The van der Waals surface area contributed by atoms with Crippen molar-refractivity contribution in [2.45, 2.75) is 39.7 Å².